The fraction of sp³-hybridized carbons (Fsp3) is 0.476. The number of aliphatic hydroxyl groups is 1. The molecule has 27 heavy (non-hydrogen) atoms. The number of carbonyl (C=O) groups excluding carboxylic acids is 1. The Morgan fingerprint density at radius 1 is 1.37 bits per heavy atom. The number of hydrogen-bond donors (Lipinski definition) is 2. The Hall–Kier alpha value is -1.73. The molecule has 0 unspecified atom stereocenters. The minimum atomic E-state index is -1.05. The van der Waals surface area contributed by atoms with E-state index >= 15 is 0 Å². The Balaban J connectivity index is 1.81. The molecule has 3 rings (SSSR count). The van der Waals surface area contributed by atoms with E-state index in [1.54, 1.807) is 23.5 Å². The lowest BCUT2D eigenvalue weighted by Crippen LogP contribution is -2.54. The number of piperidine rings is 1. The summed E-state index contributed by atoms with van der Waals surface area (Å²) in [5, 5.41) is 16.0. The molecule has 0 saturated carbocycles. The number of thiophene rings is 1. The molecule has 1 aromatic heterocycles. The van der Waals surface area contributed by atoms with Crippen molar-refractivity contribution in [3.8, 4) is 0 Å². The van der Waals surface area contributed by atoms with Gasteiger partial charge in [0.1, 0.15) is 0 Å². The lowest BCUT2D eigenvalue weighted by atomic mass is 9.74. The predicted molar refractivity (Wildman–Crippen MR) is 110 cm³/mol. The SMILES string of the molecule is CN(C)C[C@H]1CN(CCc2ccsc2)CC[C@]1(O)c1ccccc1C(N)=O. The molecule has 1 aliphatic heterocycles. The monoisotopic (exact) mass is 387 g/mol. The largest absolute Gasteiger partial charge is 0.385 e. The Morgan fingerprint density at radius 2 is 2.15 bits per heavy atom. The molecule has 1 saturated heterocycles. The lowest BCUT2D eigenvalue weighted by molar-refractivity contribution is -0.0846. The molecular formula is C21H29N3O2S. The zero-order valence-electron chi connectivity index (χ0n) is 16.1. The highest BCUT2D eigenvalue weighted by Crippen LogP contribution is 2.39. The number of carbonyl (C=O) groups is 1. The summed E-state index contributed by atoms with van der Waals surface area (Å²) in [6.45, 7) is 3.33. The van der Waals surface area contributed by atoms with Gasteiger partial charge in [0.05, 0.1) is 5.60 Å². The Kier molecular flexibility index (Phi) is 6.32. The normalized spacial score (nSPS) is 23.6. The lowest BCUT2D eigenvalue weighted by Gasteiger charge is -2.46. The van der Waals surface area contributed by atoms with E-state index in [1.807, 2.05) is 26.2 Å². The van der Waals surface area contributed by atoms with Crippen LogP contribution in [0.1, 0.15) is 27.9 Å². The third-order valence-corrected chi connectivity index (χ3v) is 6.24. The van der Waals surface area contributed by atoms with Gasteiger partial charge in [0.25, 0.3) is 0 Å². The Labute approximate surface area is 165 Å². The number of amides is 1. The molecule has 0 bridgehead atoms. The van der Waals surface area contributed by atoms with E-state index in [0.29, 0.717) is 17.5 Å². The summed E-state index contributed by atoms with van der Waals surface area (Å²) < 4.78 is 0. The molecule has 2 aromatic rings. The molecule has 1 aromatic carbocycles. The zero-order valence-corrected chi connectivity index (χ0v) is 16.9. The van der Waals surface area contributed by atoms with Crippen molar-refractivity contribution in [1.29, 1.82) is 0 Å². The van der Waals surface area contributed by atoms with Crippen molar-refractivity contribution in [2.75, 3.05) is 40.3 Å². The summed E-state index contributed by atoms with van der Waals surface area (Å²) in [7, 11) is 4.04. The van der Waals surface area contributed by atoms with E-state index in [-0.39, 0.29) is 5.92 Å². The van der Waals surface area contributed by atoms with Gasteiger partial charge < -0.3 is 20.6 Å². The zero-order chi connectivity index (χ0) is 19.4. The van der Waals surface area contributed by atoms with Crippen LogP contribution in [-0.2, 0) is 12.0 Å². The molecule has 146 valence electrons. The number of likely N-dealkylation sites (tertiary alicyclic amines) is 1. The van der Waals surface area contributed by atoms with Crippen LogP contribution in [0.25, 0.3) is 0 Å². The molecule has 1 fully saturated rings. The second-order valence-corrected chi connectivity index (χ2v) is 8.51. The number of nitrogens with two attached hydrogens (primary N) is 1. The fourth-order valence-corrected chi connectivity index (χ4v) is 4.79. The van der Waals surface area contributed by atoms with Gasteiger partial charge in [-0.2, -0.15) is 11.3 Å². The standard InChI is InChI=1S/C21H29N3O2S/c1-23(2)13-17-14-24(10-7-16-8-12-27-15-16)11-9-21(17,26)19-6-4-3-5-18(19)20(22)25/h3-6,8,12,15,17,26H,7,9-11,13-14H2,1-2H3,(H2,22,25)/t17-,21+/m0/s1. The maximum atomic E-state index is 11.9. The van der Waals surface area contributed by atoms with Crippen molar-refractivity contribution in [1.82, 2.24) is 9.80 Å². The minimum Gasteiger partial charge on any atom is -0.385 e. The first-order chi connectivity index (χ1) is 12.9. The predicted octanol–water partition coefficient (Wildman–Crippen LogP) is 2.16. The van der Waals surface area contributed by atoms with Gasteiger partial charge in [0.2, 0.25) is 5.91 Å². The minimum absolute atomic E-state index is 0.00391. The topological polar surface area (TPSA) is 69.8 Å². The maximum Gasteiger partial charge on any atom is 0.249 e. The van der Waals surface area contributed by atoms with Crippen LogP contribution in [0.4, 0.5) is 0 Å². The van der Waals surface area contributed by atoms with E-state index in [4.69, 9.17) is 5.73 Å². The van der Waals surface area contributed by atoms with Crippen molar-refractivity contribution in [3.05, 3.63) is 57.8 Å². The van der Waals surface area contributed by atoms with Crippen LogP contribution < -0.4 is 5.73 Å². The molecule has 5 nitrogen and oxygen atoms in total. The average molecular weight is 388 g/mol. The van der Waals surface area contributed by atoms with Crippen molar-refractivity contribution >= 4 is 17.2 Å². The third-order valence-electron chi connectivity index (χ3n) is 5.50. The van der Waals surface area contributed by atoms with Gasteiger partial charge in [-0.3, -0.25) is 4.79 Å². The molecular weight excluding hydrogens is 358 g/mol. The highest BCUT2D eigenvalue weighted by atomic mass is 32.1. The number of nitrogens with zero attached hydrogens (tertiary/aromatic N) is 2. The van der Waals surface area contributed by atoms with Crippen LogP contribution in [0.15, 0.2) is 41.1 Å². The number of primary amides is 1. The number of hydrogen-bond acceptors (Lipinski definition) is 5. The maximum absolute atomic E-state index is 11.9. The van der Waals surface area contributed by atoms with E-state index in [9.17, 15) is 9.90 Å². The van der Waals surface area contributed by atoms with E-state index in [0.717, 1.165) is 32.6 Å². The molecule has 3 N–H and O–H groups in total. The van der Waals surface area contributed by atoms with Gasteiger partial charge in [-0.15, -0.1) is 0 Å². The Morgan fingerprint density at radius 3 is 2.81 bits per heavy atom. The quantitative estimate of drug-likeness (QED) is 0.764. The second-order valence-electron chi connectivity index (χ2n) is 7.73. The van der Waals surface area contributed by atoms with Gasteiger partial charge in [-0.1, -0.05) is 18.2 Å². The van der Waals surface area contributed by atoms with Crippen LogP contribution in [0, 0.1) is 5.92 Å². The summed E-state index contributed by atoms with van der Waals surface area (Å²) in [4.78, 5) is 16.5. The number of benzene rings is 1. The van der Waals surface area contributed by atoms with Crippen LogP contribution in [0.2, 0.25) is 0 Å². The highest BCUT2D eigenvalue weighted by molar-refractivity contribution is 7.07. The molecule has 2 atom stereocenters. The Bertz CT molecular complexity index is 763. The van der Waals surface area contributed by atoms with E-state index in [2.05, 4.69) is 26.6 Å². The molecule has 6 heteroatoms. The van der Waals surface area contributed by atoms with Crippen LogP contribution in [-0.4, -0.2) is 61.1 Å². The number of rotatable bonds is 7. The third kappa shape index (κ3) is 4.58. The van der Waals surface area contributed by atoms with Gasteiger partial charge >= 0.3 is 0 Å². The smallest absolute Gasteiger partial charge is 0.249 e. The van der Waals surface area contributed by atoms with Crippen molar-refractivity contribution < 1.29 is 9.90 Å². The molecule has 0 aliphatic carbocycles. The van der Waals surface area contributed by atoms with Crippen molar-refractivity contribution in [3.63, 3.8) is 0 Å². The van der Waals surface area contributed by atoms with Gasteiger partial charge in [0.15, 0.2) is 0 Å². The van der Waals surface area contributed by atoms with Crippen LogP contribution in [0.3, 0.4) is 0 Å². The molecule has 0 radical (unpaired) electrons. The molecule has 1 amide bonds. The summed E-state index contributed by atoms with van der Waals surface area (Å²) in [5.41, 5.74) is 7.00. The summed E-state index contributed by atoms with van der Waals surface area (Å²) in [6, 6.07) is 9.40. The van der Waals surface area contributed by atoms with Gasteiger partial charge in [0, 0.05) is 37.7 Å². The van der Waals surface area contributed by atoms with Crippen molar-refractivity contribution in [2.24, 2.45) is 11.7 Å². The highest BCUT2D eigenvalue weighted by Gasteiger charge is 2.44. The summed E-state index contributed by atoms with van der Waals surface area (Å²) in [5.74, 6) is -0.480. The molecule has 2 heterocycles. The first-order valence-corrected chi connectivity index (χ1v) is 10.3. The summed E-state index contributed by atoms with van der Waals surface area (Å²) >= 11 is 1.73. The first-order valence-electron chi connectivity index (χ1n) is 9.40. The second kappa shape index (κ2) is 8.52. The van der Waals surface area contributed by atoms with Gasteiger partial charge in [-0.05, 0) is 61.0 Å². The van der Waals surface area contributed by atoms with Crippen LogP contribution in [0.5, 0.6) is 0 Å². The molecule has 0 spiro atoms. The summed E-state index contributed by atoms with van der Waals surface area (Å²) in [6.07, 6.45) is 1.62. The van der Waals surface area contributed by atoms with E-state index < -0.39 is 11.5 Å². The first kappa shape index (κ1) is 20.0. The van der Waals surface area contributed by atoms with E-state index in [1.165, 1.54) is 5.56 Å². The molecule has 1 aliphatic rings. The average Bonchev–Trinajstić information content (AvgIpc) is 3.15. The van der Waals surface area contributed by atoms with Crippen molar-refractivity contribution in [2.45, 2.75) is 18.4 Å². The van der Waals surface area contributed by atoms with Gasteiger partial charge in [-0.25, -0.2) is 0 Å². The van der Waals surface area contributed by atoms with Crippen LogP contribution >= 0.6 is 11.3 Å². The fourth-order valence-electron chi connectivity index (χ4n) is 4.09.